The molecule has 8 nitrogen and oxygen atoms in total. The Morgan fingerprint density at radius 3 is 2.43 bits per heavy atom. The van der Waals surface area contributed by atoms with Gasteiger partial charge in [0.15, 0.2) is 0 Å². The minimum Gasteiger partial charge on any atom is -0.396 e. The predicted molar refractivity (Wildman–Crippen MR) is 108 cm³/mol. The summed E-state index contributed by atoms with van der Waals surface area (Å²) in [6.45, 7) is 1.13. The van der Waals surface area contributed by atoms with Gasteiger partial charge in [-0.15, -0.1) is 0 Å². The molecule has 0 spiro atoms. The standard InChI is InChI=1S/C20H21N5O3/c26-12-4-11-21-20-23-18(16-5-2-1-3-6-16)13-19(24-20)22-14-15-7-9-17(10-8-15)25(27)28/h1-3,5-10,13,26H,4,11-12,14H2,(H2,21,22,23,24). The zero-order valence-corrected chi connectivity index (χ0v) is 15.2. The second kappa shape index (κ2) is 9.43. The molecule has 0 aliphatic heterocycles. The number of aliphatic hydroxyl groups excluding tert-OH is 1. The average molecular weight is 379 g/mol. The Hall–Kier alpha value is -3.52. The van der Waals surface area contributed by atoms with Crippen LogP contribution >= 0.6 is 0 Å². The van der Waals surface area contributed by atoms with Gasteiger partial charge in [-0.25, -0.2) is 4.98 Å². The molecule has 0 saturated heterocycles. The number of benzene rings is 2. The van der Waals surface area contributed by atoms with Crippen LogP contribution in [-0.2, 0) is 6.54 Å². The van der Waals surface area contributed by atoms with E-state index < -0.39 is 4.92 Å². The fourth-order valence-corrected chi connectivity index (χ4v) is 2.58. The maximum Gasteiger partial charge on any atom is 0.269 e. The normalized spacial score (nSPS) is 10.5. The highest BCUT2D eigenvalue weighted by Gasteiger charge is 2.08. The molecule has 3 N–H and O–H groups in total. The van der Waals surface area contributed by atoms with E-state index in [0.717, 1.165) is 16.8 Å². The summed E-state index contributed by atoms with van der Waals surface area (Å²) in [5.74, 6) is 1.11. The van der Waals surface area contributed by atoms with E-state index in [2.05, 4.69) is 20.6 Å². The number of rotatable bonds is 9. The Kier molecular flexibility index (Phi) is 6.48. The van der Waals surface area contributed by atoms with Gasteiger partial charge in [0.25, 0.3) is 5.69 Å². The Bertz CT molecular complexity index is 917. The van der Waals surface area contributed by atoms with Crippen LogP contribution in [0, 0.1) is 10.1 Å². The van der Waals surface area contributed by atoms with Crippen molar-refractivity contribution in [3.8, 4) is 11.3 Å². The van der Waals surface area contributed by atoms with Gasteiger partial charge in [0, 0.05) is 43.5 Å². The second-order valence-electron chi connectivity index (χ2n) is 6.11. The molecule has 2 aromatic carbocycles. The lowest BCUT2D eigenvalue weighted by Gasteiger charge is -2.11. The highest BCUT2D eigenvalue weighted by atomic mass is 16.6. The first-order valence-electron chi connectivity index (χ1n) is 8.92. The van der Waals surface area contributed by atoms with Crippen LogP contribution in [0.1, 0.15) is 12.0 Å². The van der Waals surface area contributed by atoms with Crippen LogP contribution in [0.25, 0.3) is 11.3 Å². The molecule has 0 aliphatic rings. The summed E-state index contributed by atoms with van der Waals surface area (Å²) in [5.41, 5.74) is 2.70. The molecule has 0 amide bonds. The van der Waals surface area contributed by atoms with Gasteiger partial charge in [-0.05, 0) is 12.0 Å². The molecule has 0 radical (unpaired) electrons. The minimum atomic E-state index is -0.419. The number of aliphatic hydroxyl groups is 1. The van der Waals surface area contributed by atoms with Gasteiger partial charge < -0.3 is 15.7 Å². The second-order valence-corrected chi connectivity index (χ2v) is 6.11. The molecule has 0 bridgehead atoms. The number of hydrogen-bond acceptors (Lipinski definition) is 7. The number of non-ortho nitro benzene ring substituents is 1. The van der Waals surface area contributed by atoms with Gasteiger partial charge in [0.2, 0.25) is 5.95 Å². The molecule has 28 heavy (non-hydrogen) atoms. The third-order valence-electron chi connectivity index (χ3n) is 4.03. The Morgan fingerprint density at radius 1 is 1.00 bits per heavy atom. The fourth-order valence-electron chi connectivity index (χ4n) is 2.58. The summed E-state index contributed by atoms with van der Waals surface area (Å²) in [6, 6.07) is 18.0. The van der Waals surface area contributed by atoms with E-state index in [9.17, 15) is 10.1 Å². The van der Waals surface area contributed by atoms with E-state index in [1.807, 2.05) is 36.4 Å². The first kappa shape index (κ1) is 19.2. The lowest BCUT2D eigenvalue weighted by atomic mass is 10.1. The molecule has 0 aliphatic carbocycles. The van der Waals surface area contributed by atoms with E-state index in [1.54, 1.807) is 12.1 Å². The average Bonchev–Trinajstić information content (AvgIpc) is 2.73. The van der Waals surface area contributed by atoms with Gasteiger partial charge in [-0.1, -0.05) is 42.5 Å². The minimum absolute atomic E-state index is 0.0625. The molecule has 3 aromatic rings. The highest BCUT2D eigenvalue weighted by molar-refractivity contribution is 5.64. The highest BCUT2D eigenvalue weighted by Crippen LogP contribution is 2.22. The van der Waals surface area contributed by atoms with Crippen molar-refractivity contribution in [3.05, 3.63) is 76.3 Å². The Labute approximate surface area is 162 Å². The number of nitrogens with zero attached hydrogens (tertiary/aromatic N) is 3. The lowest BCUT2D eigenvalue weighted by molar-refractivity contribution is -0.384. The molecule has 3 rings (SSSR count). The van der Waals surface area contributed by atoms with E-state index in [0.29, 0.717) is 31.3 Å². The summed E-state index contributed by atoms with van der Waals surface area (Å²) in [6.07, 6.45) is 0.602. The van der Waals surface area contributed by atoms with Crippen LogP contribution in [0.5, 0.6) is 0 Å². The van der Waals surface area contributed by atoms with Crippen molar-refractivity contribution in [2.75, 3.05) is 23.8 Å². The van der Waals surface area contributed by atoms with Crippen molar-refractivity contribution in [2.45, 2.75) is 13.0 Å². The molecular weight excluding hydrogens is 358 g/mol. The summed E-state index contributed by atoms with van der Waals surface area (Å²) in [4.78, 5) is 19.4. The monoisotopic (exact) mass is 379 g/mol. The van der Waals surface area contributed by atoms with Crippen molar-refractivity contribution >= 4 is 17.5 Å². The van der Waals surface area contributed by atoms with Crippen LogP contribution in [0.15, 0.2) is 60.7 Å². The van der Waals surface area contributed by atoms with E-state index in [1.165, 1.54) is 12.1 Å². The Morgan fingerprint density at radius 2 is 1.75 bits per heavy atom. The first-order valence-corrected chi connectivity index (χ1v) is 8.92. The van der Waals surface area contributed by atoms with Gasteiger partial charge in [0.05, 0.1) is 10.6 Å². The van der Waals surface area contributed by atoms with Crippen LogP contribution in [0.2, 0.25) is 0 Å². The third-order valence-corrected chi connectivity index (χ3v) is 4.03. The van der Waals surface area contributed by atoms with E-state index >= 15 is 0 Å². The van der Waals surface area contributed by atoms with Crippen molar-refractivity contribution in [1.29, 1.82) is 0 Å². The molecule has 0 unspecified atom stereocenters. The molecular formula is C20H21N5O3. The lowest BCUT2D eigenvalue weighted by Crippen LogP contribution is -2.10. The molecule has 0 atom stereocenters. The van der Waals surface area contributed by atoms with Crippen molar-refractivity contribution in [3.63, 3.8) is 0 Å². The largest absolute Gasteiger partial charge is 0.396 e. The Balaban J connectivity index is 1.78. The van der Waals surface area contributed by atoms with Crippen LogP contribution in [-0.4, -0.2) is 33.1 Å². The third kappa shape index (κ3) is 5.24. The van der Waals surface area contributed by atoms with Crippen LogP contribution < -0.4 is 10.6 Å². The van der Waals surface area contributed by atoms with Gasteiger partial charge >= 0.3 is 0 Å². The predicted octanol–water partition coefficient (Wildman–Crippen LogP) is 3.46. The number of anilines is 2. The molecule has 0 saturated carbocycles. The topological polar surface area (TPSA) is 113 Å². The summed E-state index contributed by atoms with van der Waals surface area (Å²) < 4.78 is 0. The number of nitrogens with one attached hydrogen (secondary N) is 2. The SMILES string of the molecule is O=[N+]([O-])c1ccc(CNc2cc(-c3ccccc3)nc(NCCCO)n2)cc1. The quantitative estimate of drug-likeness (QED) is 0.296. The zero-order valence-electron chi connectivity index (χ0n) is 15.2. The maximum absolute atomic E-state index is 10.8. The fraction of sp³-hybridized carbons (Fsp3) is 0.200. The van der Waals surface area contributed by atoms with Crippen molar-refractivity contribution < 1.29 is 10.0 Å². The van der Waals surface area contributed by atoms with Gasteiger partial charge in [-0.2, -0.15) is 4.98 Å². The molecule has 1 heterocycles. The van der Waals surface area contributed by atoms with Gasteiger partial charge in [0.1, 0.15) is 5.82 Å². The summed E-state index contributed by atoms with van der Waals surface area (Å²) in [5, 5.41) is 26.1. The molecule has 0 fully saturated rings. The first-order chi connectivity index (χ1) is 13.7. The number of aromatic nitrogens is 2. The summed E-state index contributed by atoms with van der Waals surface area (Å²) in [7, 11) is 0. The zero-order chi connectivity index (χ0) is 19.8. The number of nitro groups is 1. The van der Waals surface area contributed by atoms with Crippen molar-refractivity contribution in [2.24, 2.45) is 0 Å². The van der Waals surface area contributed by atoms with Crippen LogP contribution in [0.3, 0.4) is 0 Å². The van der Waals surface area contributed by atoms with Crippen molar-refractivity contribution in [1.82, 2.24) is 9.97 Å². The molecule has 1 aromatic heterocycles. The number of nitro benzene ring substituents is 1. The van der Waals surface area contributed by atoms with E-state index in [4.69, 9.17) is 5.11 Å². The van der Waals surface area contributed by atoms with Crippen LogP contribution in [0.4, 0.5) is 17.5 Å². The molecule has 8 heteroatoms. The molecule has 144 valence electrons. The maximum atomic E-state index is 10.8. The number of hydrogen-bond donors (Lipinski definition) is 3. The van der Waals surface area contributed by atoms with E-state index in [-0.39, 0.29) is 12.3 Å². The summed E-state index contributed by atoms with van der Waals surface area (Å²) >= 11 is 0. The smallest absolute Gasteiger partial charge is 0.269 e. The van der Waals surface area contributed by atoms with Gasteiger partial charge in [-0.3, -0.25) is 10.1 Å².